The van der Waals surface area contributed by atoms with Crippen molar-refractivity contribution in [1.29, 1.82) is 0 Å². The van der Waals surface area contributed by atoms with Crippen molar-refractivity contribution in [3.05, 3.63) is 40.2 Å². The monoisotopic (exact) mass is 428 g/mol. The summed E-state index contributed by atoms with van der Waals surface area (Å²) in [6.45, 7) is 3.83. The number of aryl methyl sites for hydroxylation is 2. The van der Waals surface area contributed by atoms with Gasteiger partial charge in [-0.1, -0.05) is 11.6 Å². The highest BCUT2D eigenvalue weighted by atomic mass is 35.5. The van der Waals surface area contributed by atoms with E-state index in [9.17, 15) is 18.0 Å². The van der Waals surface area contributed by atoms with Gasteiger partial charge < -0.3 is 10.1 Å². The number of ether oxygens (including phenoxy) is 1. The molecular formula is C17H21ClN4O5S. The highest BCUT2D eigenvalue weighted by molar-refractivity contribution is 7.89. The van der Waals surface area contributed by atoms with Crippen molar-refractivity contribution in [2.45, 2.75) is 25.3 Å². The molecule has 11 heteroatoms. The minimum absolute atomic E-state index is 0.00418. The molecule has 0 atom stereocenters. The molecule has 0 aliphatic rings. The van der Waals surface area contributed by atoms with Gasteiger partial charge in [0.15, 0.2) is 5.69 Å². The Kier molecular flexibility index (Phi) is 6.48. The van der Waals surface area contributed by atoms with Crippen LogP contribution in [0.3, 0.4) is 0 Å². The standard InChI is InChI=1S/C17H21ClN4O5S/c1-6-22-15(17(24)27-5)14(10(2)20-22)19-16(23)11-7-8-12(18)13(9-11)28(25,26)21(3)4/h7-9H,6H2,1-5H3,(H,19,23). The number of hydrogen-bond donors (Lipinski definition) is 1. The molecule has 0 bridgehead atoms. The van der Waals surface area contributed by atoms with Gasteiger partial charge in [-0.25, -0.2) is 17.5 Å². The lowest BCUT2D eigenvalue weighted by molar-refractivity contribution is 0.0588. The fraction of sp³-hybridized carbons (Fsp3) is 0.353. The molecule has 1 heterocycles. The summed E-state index contributed by atoms with van der Waals surface area (Å²) in [5.74, 6) is -1.26. The van der Waals surface area contributed by atoms with Gasteiger partial charge in [-0.15, -0.1) is 0 Å². The topological polar surface area (TPSA) is 111 Å². The van der Waals surface area contributed by atoms with E-state index in [0.29, 0.717) is 12.2 Å². The summed E-state index contributed by atoms with van der Waals surface area (Å²) in [5, 5.41) is 6.83. The largest absolute Gasteiger partial charge is 0.464 e. The molecule has 0 radical (unpaired) electrons. The molecule has 0 unspecified atom stereocenters. The molecule has 0 saturated heterocycles. The highest BCUT2D eigenvalue weighted by Gasteiger charge is 2.26. The van der Waals surface area contributed by atoms with Crippen LogP contribution in [-0.2, 0) is 21.3 Å². The molecule has 9 nitrogen and oxygen atoms in total. The van der Waals surface area contributed by atoms with Crippen molar-refractivity contribution in [2.24, 2.45) is 0 Å². The Morgan fingerprint density at radius 3 is 2.50 bits per heavy atom. The van der Waals surface area contributed by atoms with E-state index < -0.39 is 21.9 Å². The van der Waals surface area contributed by atoms with E-state index in [1.807, 2.05) is 0 Å². The number of nitrogens with zero attached hydrogens (tertiary/aromatic N) is 3. The lowest BCUT2D eigenvalue weighted by Crippen LogP contribution is -2.23. The zero-order chi connectivity index (χ0) is 21.2. The molecule has 0 aliphatic heterocycles. The van der Waals surface area contributed by atoms with Gasteiger partial charge in [-0.3, -0.25) is 9.48 Å². The van der Waals surface area contributed by atoms with E-state index >= 15 is 0 Å². The average molecular weight is 429 g/mol. The average Bonchev–Trinajstić information content (AvgIpc) is 2.96. The number of hydrogen-bond acceptors (Lipinski definition) is 6. The van der Waals surface area contributed by atoms with Crippen LogP contribution < -0.4 is 5.32 Å². The summed E-state index contributed by atoms with van der Waals surface area (Å²) in [6, 6.07) is 3.91. The molecule has 0 fully saturated rings. The maximum Gasteiger partial charge on any atom is 0.358 e. The number of anilines is 1. The molecular weight excluding hydrogens is 408 g/mol. The molecule has 28 heavy (non-hydrogen) atoms. The van der Waals surface area contributed by atoms with Gasteiger partial charge in [0.2, 0.25) is 10.0 Å². The molecule has 1 amide bonds. The normalized spacial score (nSPS) is 11.5. The van der Waals surface area contributed by atoms with Crippen LogP contribution in [0.15, 0.2) is 23.1 Å². The van der Waals surface area contributed by atoms with Crippen LogP contribution in [0.2, 0.25) is 5.02 Å². The zero-order valence-electron chi connectivity index (χ0n) is 16.1. The van der Waals surface area contributed by atoms with Crippen LogP contribution in [0.25, 0.3) is 0 Å². The molecule has 0 saturated carbocycles. The molecule has 0 aliphatic carbocycles. The van der Waals surface area contributed by atoms with E-state index in [2.05, 4.69) is 10.4 Å². The number of halogens is 1. The van der Waals surface area contributed by atoms with Crippen LogP contribution in [0.1, 0.15) is 33.5 Å². The molecule has 152 valence electrons. The molecule has 1 aromatic heterocycles. The number of aromatic nitrogens is 2. The summed E-state index contributed by atoms with van der Waals surface area (Å²) < 4.78 is 32.0. The van der Waals surface area contributed by atoms with Gasteiger partial charge in [0.05, 0.1) is 23.5 Å². The van der Waals surface area contributed by atoms with Crippen molar-refractivity contribution >= 4 is 39.2 Å². The Bertz CT molecular complexity index is 1030. The first-order valence-electron chi connectivity index (χ1n) is 8.23. The van der Waals surface area contributed by atoms with E-state index in [1.165, 1.54) is 44.1 Å². The lowest BCUT2D eigenvalue weighted by atomic mass is 10.2. The van der Waals surface area contributed by atoms with Gasteiger partial charge in [0, 0.05) is 26.2 Å². The third-order valence-electron chi connectivity index (χ3n) is 4.00. The van der Waals surface area contributed by atoms with Gasteiger partial charge in [0.1, 0.15) is 4.90 Å². The van der Waals surface area contributed by atoms with Gasteiger partial charge in [0.25, 0.3) is 5.91 Å². The van der Waals surface area contributed by atoms with E-state index in [0.717, 1.165) is 4.31 Å². The van der Waals surface area contributed by atoms with Crippen molar-refractivity contribution < 1.29 is 22.7 Å². The van der Waals surface area contributed by atoms with Crippen LogP contribution in [0.4, 0.5) is 5.69 Å². The molecule has 2 rings (SSSR count). The molecule has 2 aromatic rings. The smallest absolute Gasteiger partial charge is 0.358 e. The predicted molar refractivity (Wildman–Crippen MR) is 104 cm³/mol. The van der Waals surface area contributed by atoms with Crippen LogP contribution in [0.5, 0.6) is 0 Å². The number of benzene rings is 1. The van der Waals surface area contributed by atoms with Gasteiger partial charge >= 0.3 is 5.97 Å². The lowest BCUT2D eigenvalue weighted by Gasteiger charge is -2.14. The van der Waals surface area contributed by atoms with Crippen LogP contribution in [0, 0.1) is 6.92 Å². The third kappa shape index (κ3) is 4.03. The highest BCUT2D eigenvalue weighted by Crippen LogP contribution is 2.26. The Labute approximate surface area is 168 Å². The maximum absolute atomic E-state index is 12.7. The summed E-state index contributed by atoms with van der Waals surface area (Å²) in [6.07, 6.45) is 0. The Morgan fingerprint density at radius 2 is 1.96 bits per heavy atom. The van der Waals surface area contributed by atoms with E-state index in [-0.39, 0.29) is 26.9 Å². The summed E-state index contributed by atoms with van der Waals surface area (Å²) in [4.78, 5) is 24.7. The van der Waals surface area contributed by atoms with Crippen molar-refractivity contribution in [1.82, 2.24) is 14.1 Å². The Balaban J connectivity index is 2.48. The quantitative estimate of drug-likeness (QED) is 0.706. The number of carbonyl (C=O) groups is 2. The number of amides is 1. The van der Waals surface area contributed by atoms with Gasteiger partial charge in [-0.05, 0) is 32.0 Å². The Morgan fingerprint density at radius 1 is 1.32 bits per heavy atom. The number of nitrogens with one attached hydrogen (secondary N) is 1. The number of methoxy groups -OCH3 is 1. The summed E-state index contributed by atoms with van der Waals surface area (Å²) >= 11 is 6.01. The maximum atomic E-state index is 12.7. The molecule has 1 aromatic carbocycles. The fourth-order valence-electron chi connectivity index (χ4n) is 2.49. The predicted octanol–water partition coefficient (Wildman–Crippen LogP) is 2.15. The van der Waals surface area contributed by atoms with Crippen molar-refractivity contribution in [2.75, 3.05) is 26.5 Å². The minimum Gasteiger partial charge on any atom is -0.464 e. The van der Waals surface area contributed by atoms with Crippen molar-refractivity contribution in [3.8, 4) is 0 Å². The molecule has 1 N–H and O–H groups in total. The zero-order valence-corrected chi connectivity index (χ0v) is 17.7. The summed E-state index contributed by atoms with van der Waals surface area (Å²) in [7, 11) is 0.120. The summed E-state index contributed by atoms with van der Waals surface area (Å²) in [5.41, 5.74) is 0.784. The second-order valence-corrected chi connectivity index (χ2v) is 8.53. The van der Waals surface area contributed by atoms with E-state index in [1.54, 1.807) is 13.8 Å². The van der Waals surface area contributed by atoms with Gasteiger partial charge in [-0.2, -0.15) is 5.10 Å². The van der Waals surface area contributed by atoms with Crippen LogP contribution >= 0.6 is 11.6 Å². The molecule has 0 spiro atoms. The first-order chi connectivity index (χ1) is 13.0. The number of rotatable bonds is 6. The first kappa shape index (κ1) is 21.9. The fourth-order valence-corrected chi connectivity index (χ4v) is 3.88. The SMILES string of the molecule is CCn1nc(C)c(NC(=O)c2ccc(Cl)c(S(=O)(=O)N(C)C)c2)c1C(=O)OC. The minimum atomic E-state index is -3.84. The van der Waals surface area contributed by atoms with Crippen molar-refractivity contribution in [3.63, 3.8) is 0 Å². The Hall–Kier alpha value is -2.43. The third-order valence-corrected chi connectivity index (χ3v) is 6.29. The number of sulfonamides is 1. The first-order valence-corrected chi connectivity index (χ1v) is 10.1. The second-order valence-electron chi connectivity index (χ2n) is 6.00. The second kappa shape index (κ2) is 8.29. The number of esters is 1. The van der Waals surface area contributed by atoms with Crippen LogP contribution in [-0.4, -0.2) is 55.6 Å². The number of carbonyl (C=O) groups excluding carboxylic acids is 2. The van der Waals surface area contributed by atoms with E-state index in [4.69, 9.17) is 16.3 Å².